The van der Waals surface area contributed by atoms with E-state index < -0.39 is 0 Å². The Morgan fingerprint density at radius 1 is 0.308 bits per heavy atom. The first-order valence-electron chi connectivity index (χ1n) is 13.2. The zero-order valence-electron chi connectivity index (χ0n) is 21.2. The molecular weight excluding hydrogens is 539 g/mol. The molecule has 8 aromatic rings. The molecule has 39 heavy (non-hydrogen) atoms. The van der Waals surface area contributed by atoms with E-state index in [-0.39, 0.29) is 15.0 Å². The van der Waals surface area contributed by atoms with Gasteiger partial charge in [0.25, 0.3) is 0 Å². The first-order valence-corrected chi connectivity index (χ1v) is 14.9. The van der Waals surface area contributed by atoms with Crippen LogP contribution in [0.2, 0.25) is 0 Å². The monoisotopic (exact) mass is 564 g/mol. The average Bonchev–Trinajstić information content (AvgIpc) is 3.51. The van der Waals surface area contributed by atoms with E-state index in [9.17, 15) is 0 Å². The summed E-state index contributed by atoms with van der Waals surface area (Å²) in [6, 6.07) is 52.9. The molecule has 2 nitrogen and oxygen atoms in total. The summed E-state index contributed by atoms with van der Waals surface area (Å²) in [6.07, 6.45) is 0. The number of hydrogen-bond acceptors (Lipinski definition) is 0. The second kappa shape index (κ2) is 9.03. The molecule has 8 rings (SSSR count). The second-order valence-corrected chi connectivity index (χ2v) is 12.2. The topological polar surface area (TPSA) is 9.86 Å². The molecule has 0 atom stereocenters. The minimum atomic E-state index is 0.235. The van der Waals surface area contributed by atoms with Gasteiger partial charge in [-0.2, -0.15) is 0 Å². The molecule has 0 unspecified atom stereocenters. The van der Waals surface area contributed by atoms with E-state index in [1.165, 1.54) is 63.9 Å². The Kier molecular flexibility index (Phi) is 5.19. The molecule has 0 aliphatic carbocycles. The van der Waals surface area contributed by atoms with Gasteiger partial charge in [0.05, 0.1) is 0 Å². The molecule has 2 aromatic heterocycles. The van der Waals surface area contributed by atoms with Gasteiger partial charge in [0.1, 0.15) is 0 Å². The fraction of sp³-hybridized carbons (Fsp3) is 0. The summed E-state index contributed by atoms with van der Waals surface area (Å²) < 4.78 is 7.50. The Morgan fingerprint density at radius 2 is 0.590 bits per heavy atom. The van der Waals surface area contributed by atoms with E-state index in [0.29, 0.717) is 0 Å². The van der Waals surface area contributed by atoms with E-state index in [0.717, 1.165) is 0 Å². The molecule has 0 aliphatic rings. The average molecular weight is 564 g/mol. The Morgan fingerprint density at radius 3 is 0.897 bits per heavy atom. The summed E-state index contributed by atoms with van der Waals surface area (Å²) in [5.41, 5.74) is 7.40. The van der Waals surface area contributed by atoms with E-state index in [4.69, 9.17) is 0 Å². The van der Waals surface area contributed by atoms with Crippen LogP contribution in [0.25, 0.3) is 55.0 Å². The third kappa shape index (κ3) is 3.63. The van der Waals surface area contributed by atoms with Crippen LogP contribution in [0.15, 0.2) is 146 Å². The van der Waals surface area contributed by atoms with Crippen molar-refractivity contribution < 1.29 is 0 Å². The maximum absolute atomic E-state index is 2.38. The van der Waals surface area contributed by atoms with E-state index in [1.54, 1.807) is 0 Å². The van der Waals surface area contributed by atoms with Gasteiger partial charge in [-0.1, -0.05) is 0 Å². The molecule has 3 heteroatoms. The Labute approximate surface area is 232 Å². The molecular formula is C36H24N2Se. The van der Waals surface area contributed by atoms with Crippen molar-refractivity contribution in [2.24, 2.45) is 0 Å². The third-order valence-corrected chi connectivity index (χ3v) is 9.72. The Hall–Kier alpha value is -4.56. The molecule has 0 radical (unpaired) electrons. The van der Waals surface area contributed by atoms with Crippen molar-refractivity contribution in [1.82, 2.24) is 9.13 Å². The molecule has 6 aromatic carbocycles. The van der Waals surface area contributed by atoms with E-state index in [1.807, 2.05) is 0 Å². The summed E-state index contributed by atoms with van der Waals surface area (Å²) >= 11 is 0.235. The number of aromatic nitrogens is 2. The van der Waals surface area contributed by atoms with Gasteiger partial charge in [-0.3, -0.25) is 0 Å². The van der Waals surface area contributed by atoms with Gasteiger partial charge in [0.2, 0.25) is 0 Å². The van der Waals surface area contributed by atoms with Crippen molar-refractivity contribution >= 4 is 67.5 Å². The van der Waals surface area contributed by atoms with E-state index >= 15 is 0 Å². The van der Waals surface area contributed by atoms with Crippen LogP contribution in [0, 0.1) is 0 Å². The predicted molar refractivity (Wildman–Crippen MR) is 167 cm³/mol. The molecule has 184 valence electrons. The molecule has 0 N–H and O–H groups in total. The normalized spacial score (nSPS) is 11.7. The van der Waals surface area contributed by atoms with Crippen LogP contribution in [-0.2, 0) is 0 Å². The fourth-order valence-electron chi connectivity index (χ4n) is 5.86. The first-order chi connectivity index (χ1) is 19.3. The van der Waals surface area contributed by atoms with Crippen LogP contribution >= 0.6 is 0 Å². The first kappa shape index (κ1) is 22.4. The third-order valence-electron chi connectivity index (χ3n) is 7.59. The van der Waals surface area contributed by atoms with Gasteiger partial charge in [0, 0.05) is 0 Å². The summed E-state index contributed by atoms with van der Waals surface area (Å²) in [5.74, 6) is 0. The van der Waals surface area contributed by atoms with Gasteiger partial charge in [-0.15, -0.1) is 0 Å². The van der Waals surface area contributed by atoms with Crippen LogP contribution in [0.3, 0.4) is 0 Å². The molecule has 0 amide bonds. The molecule has 2 heterocycles. The fourth-order valence-corrected chi connectivity index (χ4v) is 7.58. The number of benzene rings is 6. The standard InChI is InChI=1S/C36H24N2Se/c1-5-13-33-29(9-1)30-10-2-6-14-34(30)37(33)25-17-21-27(22-18-25)39-28-23-19-26(20-24-28)38-35-15-7-3-11-31(35)32-12-4-8-16-36(32)38/h1-24H. The zero-order chi connectivity index (χ0) is 25.8. The SMILES string of the molecule is c1ccc2c(c1)c1ccccc1n2-c1ccc([Se]c2ccc(-n3c4ccccc4c4ccccc43)cc2)cc1. The van der Waals surface area contributed by atoms with Crippen molar-refractivity contribution in [2.75, 3.05) is 0 Å². The van der Waals surface area contributed by atoms with Crippen molar-refractivity contribution in [3.8, 4) is 11.4 Å². The zero-order valence-corrected chi connectivity index (χ0v) is 22.9. The van der Waals surface area contributed by atoms with Crippen LogP contribution in [0.5, 0.6) is 0 Å². The summed E-state index contributed by atoms with van der Waals surface area (Å²) in [7, 11) is 0. The predicted octanol–water partition coefficient (Wildman–Crippen LogP) is 7.54. The minimum absolute atomic E-state index is 0.235. The molecule has 0 saturated heterocycles. The second-order valence-electron chi connectivity index (χ2n) is 9.83. The number of fused-ring (bicyclic) bond motifs is 6. The molecule has 0 spiro atoms. The van der Waals surface area contributed by atoms with Crippen LogP contribution in [0.4, 0.5) is 0 Å². The summed E-state index contributed by atoms with van der Waals surface area (Å²) in [4.78, 5) is 0. The quantitative estimate of drug-likeness (QED) is 0.196. The van der Waals surface area contributed by atoms with Gasteiger partial charge >= 0.3 is 234 Å². The van der Waals surface area contributed by atoms with Gasteiger partial charge < -0.3 is 0 Å². The van der Waals surface area contributed by atoms with Crippen LogP contribution in [0.1, 0.15) is 0 Å². The van der Waals surface area contributed by atoms with Gasteiger partial charge in [0.15, 0.2) is 0 Å². The van der Waals surface area contributed by atoms with Gasteiger partial charge in [-0.25, -0.2) is 0 Å². The van der Waals surface area contributed by atoms with E-state index in [2.05, 4.69) is 155 Å². The Bertz CT molecular complexity index is 1870. The van der Waals surface area contributed by atoms with Gasteiger partial charge in [-0.05, 0) is 0 Å². The van der Waals surface area contributed by atoms with Crippen molar-refractivity contribution in [3.63, 3.8) is 0 Å². The number of rotatable bonds is 4. The molecule has 0 bridgehead atoms. The Balaban J connectivity index is 1.12. The number of para-hydroxylation sites is 4. The molecule has 0 aliphatic heterocycles. The van der Waals surface area contributed by atoms with Crippen molar-refractivity contribution in [1.29, 1.82) is 0 Å². The number of hydrogen-bond donors (Lipinski definition) is 0. The maximum atomic E-state index is 2.38. The van der Waals surface area contributed by atoms with Crippen LogP contribution < -0.4 is 8.92 Å². The summed E-state index contributed by atoms with van der Waals surface area (Å²) in [5, 5.41) is 5.18. The van der Waals surface area contributed by atoms with Crippen molar-refractivity contribution in [2.45, 2.75) is 0 Å². The van der Waals surface area contributed by atoms with Crippen molar-refractivity contribution in [3.05, 3.63) is 146 Å². The van der Waals surface area contributed by atoms with Crippen LogP contribution in [-0.4, -0.2) is 24.1 Å². The molecule has 0 saturated carbocycles. The summed E-state index contributed by atoms with van der Waals surface area (Å²) in [6.45, 7) is 0. The molecule has 0 fully saturated rings. The number of nitrogens with zero attached hydrogens (tertiary/aromatic N) is 2.